The van der Waals surface area contributed by atoms with Crippen molar-refractivity contribution < 1.29 is 33.0 Å². The van der Waals surface area contributed by atoms with Gasteiger partial charge in [0, 0.05) is 76.5 Å². The molecule has 4 fully saturated rings. The Labute approximate surface area is 270 Å². The molecule has 0 aromatic heterocycles. The summed E-state index contributed by atoms with van der Waals surface area (Å²) in [5.74, 6) is -1.04. The Morgan fingerprint density at radius 3 is 2.35 bits per heavy atom. The summed E-state index contributed by atoms with van der Waals surface area (Å²) in [5.41, 5.74) is 0.637. The molecule has 0 radical (unpaired) electrons. The van der Waals surface area contributed by atoms with Crippen LogP contribution < -0.4 is 10.2 Å². The number of amides is 4. The van der Waals surface area contributed by atoms with Crippen molar-refractivity contribution in [3.63, 3.8) is 0 Å². The number of benzene rings is 1. The highest BCUT2D eigenvalue weighted by Gasteiger charge is 2.41. The Balaban J connectivity index is 0.945. The lowest BCUT2D eigenvalue weighted by molar-refractivity contribution is -0.136. The minimum atomic E-state index is -0.756. The number of rotatable bonds is 6. The molecule has 5 aliphatic rings. The number of morpholine rings is 1. The number of hydrogen-bond donors (Lipinski definition) is 1. The summed E-state index contributed by atoms with van der Waals surface area (Å²) in [5, 5.41) is 2.29. The van der Waals surface area contributed by atoms with Gasteiger partial charge in [-0.25, -0.2) is 9.18 Å². The zero-order valence-electron chi connectivity index (χ0n) is 27.3. The maximum absolute atomic E-state index is 15.8. The summed E-state index contributed by atoms with van der Waals surface area (Å²) in [6.45, 7) is 14.5. The molecule has 0 bridgehead atoms. The first kappa shape index (κ1) is 32.6. The van der Waals surface area contributed by atoms with Crippen LogP contribution >= 0.6 is 0 Å². The quantitative estimate of drug-likeness (QED) is 0.466. The lowest BCUT2D eigenvalue weighted by atomic mass is 9.95. The molecule has 1 aromatic carbocycles. The van der Waals surface area contributed by atoms with E-state index in [-0.39, 0.29) is 49.2 Å². The molecule has 5 aliphatic heterocycles. The molecule has 46 heavy (non-hydrogen) atoms. The van der Waals surface area contributed by atoms with Crippen LogP contribution in [0.15, 0.2) is 12.1 Å². The molecular formula is C33H47FN6O6. The number of piperazine rings is 1. The third-order valence-corrected chi connectivity index (χ3v) is 9.82. The van der Waals surface area contributed by atoms with Gasteiger partial charge in [-0.2, -0.15) is 0 Å². The molecule has 0 spiro atoms. The topological polar surface area (TPSA) is 115 Å². The molecule has 4 saturated heterocycles. The molecule has 13 heteroatoms. The van der Waals surface area contributed by atoms with E-state index in [1.807, 2.05) is 20.8 Å². The second-order valence-electron chi connectivity index (χ2n) is 14.3. The van der Waals surface area contributed by atoms with Crippen LogP contribution in [-0.2, 0) is 25.6 Å². The van der Waals surface area contributed by atoms with Crippen molar-refractivity contribution in [2.75, 3.05) is 77.0 Å². The van der Waals surface area contributed by atoms with Gasteiger partial charge in [-0.1, -0.05) is 0 Å². The van der Waals surface area contributed by atoms with E-state index < -0.39 is 17.6 Å². The van der Waals surface area contributed by atoms with Crippen LogP contribution in [0, 0.1) is 11.7 Å². The molecule has 2 atom stereocenters. The van der Waals surface area contributed by atoms with Gasteiger partial charge < -0.3 is 29.1 Å². The summed E-state index contributed by atoms with van der Waals surface area (Å²) in [4.78, 5) is 59.7. The van der Waals surface area contributed by atoms with Gasteiger partial charge in [-0.05, 0) is 58.1 Å². The molecule has 0 saturated carbocycles. The smallest absolute Gasteiger partial charge is 0.410 e. The Morgan fingerprint density at radius 1 is 0.978 bits per heavy atom. The van der Waals surface area contributed by atoms with Crippen LogP contribution in [0.1, 0.15) is 62.4 Å². The number of nitrogens with zero attached hydrogens (tertiary/aromatic N) is 5. The van der Waals surface area contributed by atoms with Crippen molar-refractivity contribution in [3.05, 3.63) is 29.1 Å². The van der Waals surface area contributed by atoms with Crippen LogP contribution in [0.3, 0.4) is 0 Å². The number of fused-ring (bicyclic) bond motifs is 1. The van der Waals surface area contributed by atoms with Gasteiger partial charge in [0.15, 0.2) is 5.82 Å². The summed E-state index contributed by atoms with van der Waals surface area (Å²) in [6, 6.07) is 2.62. The lowest BCUT2D eigenvalue weighted by Gasteiger charge is -2.41. The highest BCUT2D eigenvalue weighted by molar-refractivity contribution is 6.05. The van der Waals surface area contributed by atoms with E-state index in [9.17, 15) is 19.2 Å². The number of carbonyl (C=O) groups excluding carboxylic acids is 4. The van der Waals surface area contributed by atoms with Gasteiger partial charge in [-0.15, -0.1) is 0 Å². The summed E-state index contributed by atoms with van der Waals surface area (Å²) < 4.78 is 27.3. The zero-order chi connectivity index (χ0) is 32.6. The van der Waals surface area contributed by atoms with Crippen LogP contribution in [0.4, 0.5) is 14.9 Å². The SMILES string of the molecule is CC(C)(C)OC(=O)N1CCO[C@H](CN2CCN(CC3CCN(c4ccc5c(c4F)CN(C4CCC(=O)NC4=O)C5=O)CC3)CC2)C1. The van der Waals surface area contributed by atoms with Gasteiger partial charge in [-0.3, -0.25) is 24.6 Å². The fourth-order valence-electron chi connectivity index (χ4n) is 7.32. The summed E-state index contributed by atoms with van der Waals surface area (Å²) in [6.07, 6.45) is 2.06. The lowest BCUT2D eigenvalue weighted by Crippen LogP contribution is -2.54. The molecule has 1 N–H and O–H groups in total. The molecule has 5 heterocycles. The number of imide groups is 1. The zero-order valence-corrected chi connectivity index (χ0v) is 27.3. The number of carbonyl (C=O) groups is 4. The third-order valence-electron chi connectivity index (χ3n) is 9.82. The molecule has 0 aliphatic carbocycles. The molecule has 4 amide bonds. The largest absolute Gasteiger partial charge is 0.444 e. The Morgan fingerprint density at radius 2 is 1.67 bits per heavy atom. The van der Waals surface area contributed by atoms with Crippen molar-refractivity contribution >= 4 is 29.5 Å². The standard InChI is InChI=1S/C33H47FN6O6/c1-33(2,3)46-32(44)39-16-17-45-23(20-39)19-37-14-12-36(13-15-37)18-22-8-10-38(11-9-22)26-5-4-24-25(29(26)34)21-40(31(24)43)27-6-7-28(41)35-30(27)42/h4-5,22-23,27H,6-21H2,1-3H3,(H,35,41,42)/t23-,27?/m1/s1. The molecular weight excluding hydrogens is 595 g/mol. The van der Waals surface area contributed by atoms with E-state index in [1.54, 1.807) is 17.0 Å². The normalized spacial score (nSPS) is 25.6. The van der Waals surface area contributed by atoms with E-state index in [2.05, 4.69) is 20.0 Å². The Hall–Kier alpha value is -3.29. The summed E-state index contributed by atoms with van der Waals surface area (Å²) in [7, 11) is 0. The maximum Gasteiger partial charge on any atom is 0.410 e. The van der Waals surface area contributed by atoms with Crippen LogP contribution in [0.2, 0.25) is 0 Å². The van der Waals surface area contributed by atoms with Crippen molar-refractivity contribution in [3.8, 4) is 0 Å². The number of nitrogens with one attached hydrogen (secondary N) is 1. The van der Waals surface area contributed by atoms with Gasteiger partial charge in [0.2, 0.25) is 11.8 Å². The van der Waals surface area contributed by atoms with E-state index in [0.29, 0.717) is 42.4 Å². The van der Waals surface area contributed by atoms with E-state index in [0.717, 1.165) is 65.2 Å². The second-order valence-corrected chi connectivity index (χ2v) is 14.3. The van der Waals surface area contributed by atoms with Crippen molar-refractivity contribution in [2.45, 2.75) is 70.7 Å². The first-order valence-corrected chi connectivity index (χ1v) is 16.7. The number of piperidine rings is 2. The molecule has 6 rings (SSSR count). The Bertz CT molecular complexity index is 1340. The monoisotopic (exact) mass is 642 g/mol. The van der Waals surface area contributed by atoms with Gasteiger partial charge in [0.1, 0.15) is 11.6 Å². The van der Waals surface area contributed by atoms with E-state index in [4.69, 9.17) is 9.47 Å². The molecule has 12 nitrogen and oxygen atoms in total. The van der Waals surface area contributed by atoms with Crippen LogP contribution in [0.25, 0.3) is 0 Å². The minimum Gasteiger partial charge on any atom is -0.444 e. The van der Waals surface area contributed by atoms with Crippen LogP contribution in [-0.4, -0.2) is 133 Å². The molecule has 1 aromatic rings. The molecule has 252 valence electrons. The van der Waals surface area contributed by atoms with Crippen molar-refractivity contribution in [2.24, 2.45) is 5.92 Å². The fraction of sp³-hybridized carbons (Fsp3) is 0.697. The van der Waals surface area contributed by atoms with Crippen molar-refractivity contribution in [1.29, 1.82) is 0 Å². The fourth-order valence-corrected chi connectivity index (χ4v) is 7.32. The number of ether oxygens (including phenoxy) is 2. The molecule has 1 unspecified atom stereocenters. The van der Waals surface area contributed by atoms with Crippen LogP contribution in [0.5, 0.6) is 0 Å². The van der Waals surface area contributed by atoms with Gasteiger partial charge in [0.05, 0.1) is 31.5 Å². The number of hydrogen-bond acceptors (Lipinski definition) is 9. The minimum absolute atomic E-state index is 0.0182. The van der Waals surface area contributed by atoms with Gasteiger partial charge in [0.25, 0.3) is 5.91 Å². The highest BCUT2D eigenvalue weighted by atomic mass is 19.1. The average Bonchev–Trinajstić information content (AvgIpc) is 3.35. The van der Waals surface area contributed by atoms with Crippen molar-refractivity contribution in [1.82, 2.24) is 24.9 Å². The highest BCUT2D eigenvalue weighted by Crippen LogP contribution is 2.35. The Kier molecular flexibility index (Phi) is 9.54. The number of halogens is 1. The first-order valence-electron chi connectivity index (χ1n) is 16.7. The van der Waals surface area contributed by atoms with E-state index >= 15 is 4.39 Å². The van der Waals surface area contributed by atoms with Gasteiger partial charge >= 0.3 is 6.09 Å². The van der Waals surface area contributed by atoms with E-state index in [1.165, 1.54) is 4.90 Å². The predicted octanol–water partition coefficient (Wildman–Crippen LogP) is 2.06. The second kappa shape index (κ2) is 13.4. The number of anilines is 1. The predicted molar refractivity (Wildman–Crippen MR) is 168 cm³/mol. The average molecular weight is 643 g/mol. The third kappa shape index (κ3) is 7.31. The maximum atomic E-state index is 15.8. The first-order chi connectivity index (χ1) is 21.9. The summed E-state index contributed by atoms with van der Waals surface area (Å²) >= 11 is 0.